The molecule has 28 heavy (non-hydrogen) atoms. The van der Waals surface area contributed by atoms with E-state index in [2.05, 4.69) is 0 Å². The lowest BCUT2D eigenvalue weighted by Crippen LogP contribution is -2.45. The van der Waals surface area contributed by atoms with E-state index in [1.807, 2.05) is 60.7 Å². The quantitative estimate of drug-likeness (QED) is 0.759. The van der Waals surface area contributed by atoms with Crippen molar-refractivity contribution in [2.45, 2.75) is 51.7 Å². The van der Waals surface area contributed by atoms with E-state index in [-0.39, 0.29) is 6.61 Å². The average molecular weight is 383 g/mol. The van der Waals surface area contributed by atoms with Crippen molar-refractivity contribution < 1.29 is 23.8 Å². The van der Waals surface area contributed by atoms with Gasteiger partial charge in [-0.1, -0.05) is 60.7 Å². The molecule has 0 N–H and O–H groups in total. The number of imide groups is 1. The van der Waals surface area contributed by atoms with E-state index < -0.39 is 30.1 Å². The molecule has 1 fully saturated rings. The van der Waals surface area contributed by atoms with Crippen LogP contribution in [0.3, 0.4) is 0 Å². The van der Waals surface area contributed by atoms with Crippen LogP contribution in [-0.2, 0) is 27.2 Å². The van der Waals surface area contributed by atoms with E-state index in [9.17, 15) is 9.59 Å². The van der Waals surface area contributed by atoms with Gasteiger partial charge in [0.05, 0.1) is 6.61 Å². The van der Waals surface area contributed by atoms with Gasteiger partial charge in [-0.3, -0.25) is 0 Å². The van der Waals surface area contributed by atoms with E-state index in [1.54, 1.807) is 20.8 Å². The van der Waals surface area contributed by atoms with Crippen molar-refractivity contribution in [2.75, 3.05) is 0 Å². The molecule has 0 saturated carbocycles. The summed E-state index contributed by atoms with van der Waals surface area (Å²) in [6.07, 6.45) is -1.96. The second-order valence-electron chi connectivity index (χ2n) is 7.66. The average Bonchev–Trinajstić information content (AvgIpc) is 2.95. The summed E-state index contributed by atoms with van der Waals surface area (Å²) in [5, 5.41) is 0. The van der Waals surface area contributed by atoms with Gasteiger partial charge < -0.3 is 14.2 Å². The molecular formula is C22H25NO5. The zero-order valence-corrected chi connectivity index (χ0v) is 16.3. The number of ether oxygens (including phenoxy) is 3. The molecule has 0 unspecified atom stereocenters. The van der Waals surface area contributed by atoms with Crippen LogP contribution in [0, 0.1) is 0 Å². The van der Waals surface area contributed by atoms with Gasteiger partial charge >= 0.3 is 12.2 Å². The van der Waals surface area contributed by atoms with E-state index >= 15 is 0 Å². The second kappa shape index (κ2) is 8.44. The molecule has 3 rings (SSSR count). The van der Waals surface area contributed by atoms with E-state index in [1.165, 1.54) is 0 Å². The molecular weight excluding hydrogens is 358 g/mol. The van der Waals surface area contributed by atoms with Crippen LogP contribution in [-0.4, -0.2) is 35.0 Å². The molecule has 6 heteroatoms. The summed E-state index contributed by atoms with van der Waals surface area (Å²) in [5.41, 5.74) is 1.19. The Morgan fingerprint density at radius 2 is 1.57 bits per heavy atom. The van der Waals surface area contributed by atoms with Crippen LogP contribution >= 0.6 is 0 Å². The van der Waals surface area contributed by atoms with Crippen molar-refractivity contribution in [1.29, 1.82) is 0 Å². The smallest absolute Gasteiger partial charge is 0.422 e. The summed E-state index contributed by atoms with van der Waals surface area (Å²) in [7, 11) is 0. The van der Waals surface area contributed by atoms with Gasteiger partial charge in [-0.2, -0.15) is 0 Å². The van der Waals surface area contributed by atoms with E-state index in [4.69, 9.17) is 14.2 Å². The summed E-state index contributed by atoms with van der Waals surface area (Å²) < 4.78 is 16.6. The normalized spacial score (nSPS) is 19.4. The van der Waals surface area contributed by atoms with Gasteiger partial charge in [0, 0.05) is 0 Å². The Morgan fingerprint density at radius 1 is 1.00 bits per heavy atom. The Morgan fingerprint density at radius 3 is 2.14 bits per heavy atom. The number of carbonyl (C=O) groups excluding carboxylic acids is 2. The van der Waals surface area contributed by atoms with Crippen molar-refractivity contribution in [3.05, 3.63) is 71.8 Å². The third-order valence-corrected chi connectivity index (χ3v) is 4.19. The van der Waals surface area contributed by atoms with Crippen LogP contribution in [0.15, 0.2) is 60.7 Å². The molecule has 0 aromatic heterocycles. The number of carbonyl (C=O) groups is 2. The third-order valence-electron chi connectivity index (χ3n) is 4.19. The summed E-state index contributed by atoms with van der Waals surface area (Å²) >= 11 is 0. The number of rotatable bonds is 5. The molecule has 2 atom stereocenters. The SMILES string of the molecule is CC(C)(C)OC(=O)N1C(=O)O[C@@H](OCc2ccccc2)[C@@H]1Cc1ccccc1. The number of amides is 2. The molecule has 0 radical (unpaired) electrons. The monoisotopic (exact) mass is 383 g/mol. The highest BCUT2D eigenvalue weighted by atomic mass is 16.7. The van der Waals surface area contributed by atoms with Gasteiger partial charge in [0.15, 0.2) is 0 Å². The Labute approximate surface area is 165 Å². The van der Waals surface area contributed by atoms with Crippen molar-refractivity contribution in [2.24, 2.45) is 0 Å². The van der Waals surface area contributed by atoms with Crippen LogP contribution in [0.4, 0.5) is 9.59 Å². The fraction of sp³-hybridized carbons (Fsp3) is 0.364. The first-order chi connectivity index (χ1) is 13.3. The van der Waals surface area contributed by atoms with Crippen molar-refractivity contribution >= 4 is 12.2 Å². The van der Waals surface area contributed by atoms with Crippen molar-refractivity contribution in [3.63, 3.8) is 0 Å². The maximum atomic E-state index is 12.6. The van der Waals surface area contributed by atoms with Crippen LogP contribution < -0.4 is 0 Å². The van der Waals surface area contributed by atoms with Gasteiger partial charge in [0.1, 0.15) is 11.6 Å². The van der Waals surface area contributed by atoms with E-state index in [0.29, 0.717) is 6.42 Å². The number of cyclic esters (lactones) is 1. The molecule has 1 saturated heterocycles. The highest BCUT2D eigenvalue weighted by Gasteiger charge is 2.47. The molecule has 2 amide bonds. The van der Waals surface area contributed by atoms with Gasteiger partial charge in [-0.15, -0.1) is 0 Å². The summed E-state index contributed by atoms with van der Waals surface area (Å²) in [6.45, 7) is 5.53. The number of nitrogens with zero attached hydrogens (tertiary/aromatic N) is 1. The Kier molecular flexibility index (Phi) is 5.99. The molecule has 1 heterocycles. The first-order valence-electron chi connectivity index (χ1n) is 9.26. The zero-order chi connectivity index (χ0) is 20.1. The molecule has 1 aliphatic rings. The molecule has 148 valence electrons. The largest absolute Gasteiger partial charge is 0.443 e. The van der Waals surface area contributed by atoms with Crippen LogP contribution in [0.1, 0.15) is 31.9 Å². The van der Waals surface area contributed by atoms with Gasteiger partial charge in [0.25, 0.3) is 0 Å². The van der Waals surface area contributed by atoms with Crippen molar-refractivity contribution in [3.8, 4) is 0 Å². The lowest BCUT2D eigenvalue weighted by atomic mass is 10.1. The minimum absolute atomic E-state index is 0.270. The van der Waals surface area contributed by atoms with Gasteiger partial charge in [0.2, 0.25) is 6.29 Å². The van der Waals surface area contributed by atoms with Crippen LogP contribution in [0.25, 0.3) is 0 Å². The Hall–Kier alpha value is -2.86. The molecule has 0 spiro atoms. The standard InChI is InChI=1S/C22H25NO5/c1-22(2,3)28-21(25)23-18(14-16-10-6-4-7-11-16)19(27-20(23)24)26-15-17-12-8-5-9-13-17/h4-13,18-19H,14-15H2,1-3H3/t18-,19+/m0/s1. The first kappa shape index (κ1) is 19.9. The minimum Gasteiger partial charge on any atom is -0.443 e. The maximum Gasteiger partial charge on any atom is 0.422 e. The number of hydrogen-bond donors (Lipinski definition) is 0. The highest BCUT2D eigenvalue weighted by Crippen LogP contribution is 2.27. The molecule has 2 aromatic carbocycles. The molecule has 1 aliphatic heterocycles. The third kappa shape index (κ3) is 5.10. The predicted molar refractivity (Wildman–Crippen MR) is 104 cm³/mol. The summed E-state index contributed by atoms with van der Waals surface area (Å²) in [4.78, 5) is 26.1. The maximum absolute atomic E-state index is 12.6. The highest BCUT2D eigenvalue weighted by molar-refractivity contribution is 5.90. The Balaban J connectivity index is 1.79. The summed E-state index contributed by atoms with van der Waals surface area (Å²) in [5.74, 6) is 0. The Bertz CT molecular complexity index is 801. The minimum atomic E-state index is -0.875. The number of benzene rings is 2. The molecule has 2 aromatic rings. The predicted octanol–water partition coefficient (Wildman–Crippen LogP) is 4.53. The van der Waals surface area contributed by atoms with Gasteiger partial charge in [-0.25, -0.2) is 14.5 Å². The van der Waals surface area contributed by atoms with E-state index in [0.717, 1.165) is 16.0 Å². The van der Waals surface area contributed by atoms with Crippen LogP contribution in [0.2, 0.25) is 0 Å². The number of hydrogen-bond acceptors (Lipinski definition) is 5. The summed E-state index contributed by atoms with van der Waals surface area (Å²) in [6, 6.07) is 18.6. The van der Waals surface area contributed by atoms with Gasteiger partial charge in [-0.05, 0) is 38.3 Å². The van der Waals surface area contributed by atoms with Crippen molar-refractivity contribution in [1.82, 2.24) is 4.90 Å². The first-order valence-corrected chi connectivity index (χ1v) is 9.26. The fourth-order valence-corrected chi connectivity index (χ4v) is 2.95. The molecule has 6 nitrogen and oxygen atoms in total. The fourth-order valence-electron chi connectivity index (χ4n) is 2.95. The second-order valence-corrected chi connectivity index (χ2v) is 7.66. The van der Waals surface area contributed by atoms with Crippen LogP contribution in [0.5, 0.6) is 0 Å². The lowest BCUT2D eigenvalue weighted by Gasteiger charge is -2.26. The molecule has 0 aliphatic carbocycles. The molecule has 0 bridgehead atoms. The topological polar surface area (TPSA) is 65.1 Å². The lowest BCUT2D eigenvalue weighted by molar-refractivity contribution is -0.104. The zero-order valence-electron chi connectivity index (χ0n) is 16.3.